The molecule has 3 rings (SSSR count). The first-order valence-electron chi connectivity index (χ1n) is 12.7. The summed E-state index contributed by atoms with van der Waals surface area (Å²) in [4.78, 5) is 42.2. The van der Waals surface area contributed by atoms with Crippen molar-refractivity contribution in [1.82, 2.24) is 10.2 Å². The largest absolute Gasteiger partial charge is 0.497 e. The third kappa shape index (κ3) is 7.40. The molecule has 10 heteroatoms. The quantitative estimate of drug-likeness (QED) is 0.180. The molecule has 1 unspecified atom stereocenters. The number of hydrogen-bond donors (Lipinski definition) is 1. The van der Waals surface area contributed by atoms with Crippen molar-refractivity contribution < 1.29 is 37.0 Å². The Labute approximate surface area is 230 Å². The van der Waals surface area contributed by atoms with E-state index in [-0.39, 0.29) is 24.2 Å². The van der Waals surface area contributed by atoms with E-state index in [1.165, 1.54) is 26.4 Å². The lowest BCUT2D eigenvalue weighted by Gasteiger charge is -2.31. The maximum atomic E-state index is 13.9. The van der Waals surface area contributed by atoms with Crippen LogP contribution in [0.2, 0.25) is 0 Å². The average molecular weight is 557 g/mol. The van der Waals surface area contributed by atoms with Gasteiger partial charge in [0.05, 0.1) is 26.3 Å². The number of methoxy groups -OCH3 is 2. The molecule has 0 aliphatic heterocycles. The highest BCUT2D eigenvalue weighted by atomic mass is 19.4. The van der Waals surface area contributed by atoms with Crippen LogP contribution in [0.15, 0.2) is 72.8 Å². The van der Waals surface area contributed by atoms with Crippen molar-refractivity contribution in [1.29, 1.82) is 0 Å². The van der Waals surface area contributed by atoms with E-state index in [0.29, 0.717) is 23.5 Å². The number of hydrogen-bond acceptors (Lipinski definition) is 5. The van der Waals surface area contributed by atoms with Gasteiger partial charge in [-0.15, -0.1) is 0 Å². The number of benzene rings is 3. The van der Waals surface area contributed by atoms with Crippen molar-refractivity contribution >= 4 is 17.6 Å². The third-order valence-electron chi connectivity index (χ3n) is 6.25. The van der Waals surface area contributed by atoms with E-state index < -0.39 is 35.4 Å². The molecule has 0 aliphatic rings. The van der Waals surface area contributed by atoms with Crippen molar-refractivity contribution in [2.45, 2.75) is 38.5 Å². The van der Waals surface area contributed by atoms with Gasteiger partial charge >= 0.3 is 6.18 Å². The predicted octanol–water partition coefficient (Wildman–Crippen LogP) is 5.53. The summed E-state index contributed by atoms with van der Waals surface area (Å²) in [6, 6.07) is 14.9. The standard InChI is InChI=1S/C30H31F3N2O5/c1-4-5-17-34-28(37)26(27(36)20-9-7-6-8-10-20)35(19-22-13-16-24(39-2)18-25(22)40-3)29(38)21-11-14-23(15-12-21)30(31,32)33/h6-16,18,26H,4-5,17,19H2,1-3H3,(H,34,37). The lowest BCUT2D eigenvalue weighted by atomic mass is 9.99. The Balaban J connectivity index is 2.13. The summed E-state index contributed by atoms with van der Waals surface area (Å²) in [5.41, 5.74) is -0.393. The Hall–Kier alpha value is -4.34. The highest BCUT2D eigenvalue weighted by Crippen LogP contribution is 2.31. The number of nitrogens with zero attached hydrogens (tertiary/aromatic N) is 1. The van der Waals surface area contributed by atoms with Gasteiger partial charge in [-0.1, -0.05) is 43.7 Å². The molecule has 0 heterocycles. The molecular weight excluding hydrogens is 525 g/mol. The molecule has 0 saturated carbocycles. The number of alkyl halides is 3. The molecule has 0 aromatic heterocycles. The van der Waals surface area contributed by atoms with Crippen molar-refractivity contribution in [2.75, 3.05) is 20.8 Å². The third-order valence-corrected chi connectivity index (χ3v) is 6.25. The highest BCUT2D eigenvalue weighted by molar-refractivity contribution is 6.16. The Morgan fingerprint density at radius 1 is 0.900 bits per heavy atom. The van der Waals surface area contributed by atoms with Crippen LogP contribution in [0, 0.1) is 0 Å². The molecule has 0 spiro atoms. The first-order chi connectivity index (χ1) is 19.1. The predicted molar refractivity (Wildman–Crippen MR) is 143 cm³/mol. The second kappa shape index (κ2) is 13.6. The van der Waals surface area contributed by atoms with Crippen molar-refractivity contribution in [3.63, 3.8) is 0 Å². The summed E-state index contributed by atoms with van der Waals surface area (Å²) in [6.07, 6.45) is -3.16. The highest BCUT2D eigenvalue weighted by Gasteiger charge is 2.38. The number of carbonyl (C=O) groups excluding carboxylic acids is 3. The molecule has 40 heavy (non-hydrogen) atoms. The van der Waals surface area contributed by atoms with Gasteiger partial charge in [-0.3, -0.25) is 14.4 Å². The van der Waals surface area contributed by atoms with Gasteiger partial charge in [0.15, 0.2) is 11.8 Å². The van der Waals surface area contributed by atoms with Crippen LogP contribution in [-0.4, -0.2) is 49.3 Å². The number of Topliss-reactive ketones (excluding diaryl/α,β-unsaturated/α-hetero) is 1. The van der Waals surface area contributed by atoms with E-state index in [2.05, 4.69) is 5.32 Å². The number of amides is 2. The summed E-state index contributed by atoms with van der Waals surface area (Å²) in [6.45, 7) is 1.97. The summed E-state index contributed by atoms with van der Waals surface area (Å²) < 4.78 is 50.2. The van der Waals surface area contributed by atoms with E-state index >= 15 is 0 Å². The number of nitrogens with one attached hydrogen (secondary N) is 1. The first-order valence-corrected chi connectivity index (χ1v) is 12.7. The molecule has 3 aromatic rings. The number of carbonyl (C=O) groups is 3. The number of ether oxygens (including phenoxy) is 2. The number of rotatable bonds is 12. The number of halogens is 3. The fourth-order valence-electron chi connectivity index (χ4n) is 4.06. The monoisotopic (exact) mass is 556 g/mol. The maximum Gasteiger partial charge on any atom is 0.416 e. The second-order valence-electron chi connectivity index (χ2n) is 8.96. The topological polar surface area (TPSA) is 84.9 Å². The lowest BCUT2D eigenvalue weighted by molar-refractivity contribution is -0.137. The normalized spacial score (nSPS) is 11.8. The van der Waals surface area contributed by atoms with E-state index in [9.17, 15) is 27.6 Å². The van der Waals surface area contributed by atoms with E-state index in [1.54, 1.807) is 36.4 Å². The smallest absolute Gasteiger partial charge is 0.416 e. The number of ketones is 1. The maximum absolute atomic E-state index is 13.9. The fourth-order valence-corrected chi connectivity index (χ4v) is 4.06. The van der Waals surface area contributed by atoms with E-state index in [1.807, 2.05) is 6.92 Å². The Morgan fingerprint density at radius 2 is 1.57 bits per heavy atom. The molecule has 0 bridgehead atoms. The molecule has 0 radical (unpaired) electrons. The lowest BCUT2D eigenvalue weighted by Crippen LogP contribution is -2.53. The van der Waals surface area contributed by atoms with Gasteiger partial charge in [0, 0.05) is 29.3 Å². The molecule has 212 valence electrons. The zero-order valence-electron chi connectivity index (χ0n) is 22.5. The van der Waals surface area contributed by atoms with Crippen LogP contribution in [0.3, 0.4) is 0 Å². The van der Waals surface area contributed by atoms with Crippen molar-refractivity contribution in [3.8, 4) is 11.5 Å². The average Bonchev–Trinajstić information content (AvgIpc) is 2.96. The zero-order valence-corrected chi connectivity index (χ0v) is 22.5. The molecule has 0 fully saturated rings. The fraction of sp³-hybridized carbons (Fsp3) is 0.300. The zero-order chi connectivity index (χ0) is 29.3. The Morgan fingerprint density at radius 3 is 2.15 bits per heavy atom. The van der Waals surface area contributed by atoms with E-state index in [4.69, 9.17) is 9.47 Å². The van der Waals surface area contributed by atoms with Crippen LogP contribution in [0.5, 0.6) is 11.5 Å². The molecule has 1 atom stereocenters. The van der Waals surface area contributed by atoms with Crippen LogP contribution in [0.4, 0.5) is 13.2 Å². The van der Waals surface area contributed by atoms with Gasteiger partial charge in [0.1, 0.15) is 11.5 Å². The number of unbranched alkanes of at least 4 members (excludes halogenated alkanes) is 1. The van der Waals surface area contributed by atoms with Crippen LogP contribution in [0.25, 0.3) is 0 Å². The molecule has 3 aromatic carbocycles. The van der Waals surface area contributed by atoms with Crippen molar-refractivity contribution in [3.05, 3.63) is 95.1 Å². The van der Waals surface area contributed by atoms with Gasteiger partial charge < -0.3 is 19.7 Å². The summed E-state index contributed by atoms with van der Waals surface area (Å²) in [7, 11) is 2.90. The van der Waals surface area contributed by atoms with Gasteiger partial charge in [-0.25, -0.2) is 0 Å². The SMILES string of the molecule is CCCCNC(=O)C(C(=O)c1ccccc1)N(Cc1ccc(OC)cc1OC)C(=O)c1ccc(C(F)(F)F)cc1. The van der Waals surface area contributed by atoms with Crippen LogP contribution < -0.4 is 14.8 Å². The van der Waals surface area contributed by atoms with Crippen LogP contribution in [-0.2, 0) is 17.5 Å². The minimum Gasteiger partial charge on any atom is -0.497 e. The summed E-state index contributed by atoms with van der Waals surface area (Å²) >= 11 is 0. The molecular formula is C30H31F3N2O5. The molecule has 1 N–H and O–H groups in total. The molecule has 2 amide bonds. The first kappa shape index (κ1) is 30.2. The van der Waals surface area contributed by atoms with Crippen molar-refractivity contribution in [2.24, 2.45) is 0 Å². The molecule has 0 saturated heterocycles. The molecule has 0 aliphatic carbocycles. The Bertz CT molecular complexity index is 1310. The van der Waals surface area contributed by atoms with Crippen LogP contribution >= 0.6 is 0 Å². The minimum atomic E-state index is -4.59. The van der Waals surface area contributed by atoms with Gasteiger partial charge in [-0.05, 0) is 42.8 Å². The van der Waals surface area contributed by atoms with Gasteiger partial charge in [0.2, 0.25) is 0 Å². The second-order valence-corrected chi connectivity index (χ2v) is 8.96. The Kier molecular flexibility index (Phi) is 10.3. The van der Waals surface area contributed by atoms with E-state index in [0.717, 1.165) is 35.6 Å². The molecule has 7 nitrogen and oxygen atoms in total. The van der Waals surface area contributed by atoms with Gasteiger partial charge in [-0.2, -0.15) is 13.2 Å². The minimum absolute atomic E-state index is 0.118. The van der Waals surface area contributed by atoms with Crippen LogP contribution in [0.1, 0.15) is 51.6 Å². The summed E-state index contributed by atoms with van der Waals surface area (Å²) in [5, 5.41) is 2.73. The van der Waals surface area contributed by atoms with Gasteiger partial charge in [0.25, 0.3) is 11.8 Å². The summed E-state index contributed by atoms with van der Waals surface area (Å²) in [5.74, 6) is -1.32.